The minimum atomic E-state index is -0.666. The molecule has 0 aliphatic carbocycles. The zero-order valence-electron chi connectivity index (χ0n) is 21.0. The summed E-state index contributed by atoms with van der Waals surface area (Å²) in [7, 11) is 3.22. The maximum atomic E-state index is 13.3. The average molecular weight is 466 g/mol. The highest BCUT2D eigenvalue weighted by atomic mass is 16.5. The van der Waals surface area contributed by atoms with Crippen LogP contribution in [-0.4, -0.2) is 49.1 Å². The van der Waals surface area contributed by atoms with Gasteiger partial charge in [-0.25, -0.2) is 0 Å². The number of hydrogen-bond donors (Lipinski definition) is 1. The molecule has 1 atom stereocenters. The SMILES string of the molecule is CCc1ccc(C2/C(=C(\O)c3cc(C(C)C)c(OC)cc3C)C(=O)C(=O)N2CCCOC)cc1. The van der Waals surface area contributed by atoms with Gasteiger partial charge in [-0.2, -0.15) is 0 Å². The van der Waals surface area contributed by atoms with Crippen LogP contribution in [-0.2, 0) is 20.7 Å². The quantitative estimate of drug-likeness (QED) is 0.240. The number of amides is 1. The molecule has 6 heteroatoms. The Balaban J connectivity index is 2.20. The van der Waals surface area contributed by atoms with Gasteiger partial charge in [0.1, 0.15) is 11.5 Å². The van der Waals surface area contributed by atoms with Gasteiger partial charge in [0.25, 0.3) is 11.7 Å². The van der Waals surface area contributed by atoms with Gasteiger partial charge in [0.2, 0.25) is 0 Å². The summed E-state index contributed by atoms with van der Waals surface area (Å²) in [6.07, 6.45) is 1.48. The second-order valence-corrected chi connectivity index (χ2v) is 9.00. The van der Waals surface area contributed by atoms with E-state index in [1.54, 1.807) is 19.1 Å². The van der Waals surface area contributed by atoms with E-state index >= 15 is 0 Å². The van der Waals surface area contributed by atoms with Crippen molar-refractivity contribution in [2.75, 3.05) is 27.4 Å². The van der Waals surface area contributed by atoms with Crippen molar-refractivity contribution in [3.63, 3.8) is 0 Å². The number of aliphatic hydroxyl groups excluding tert-OH is 1. The number of likely N-dealkylation sites (tertiary alicyclic amines) is 1. The fraction of sp³-hybridized carbons (Fsp3) is 0.429. The summed E-state index contributed by atoms with van der Waals surface area (Å²) in [6, 6.07) is 10.9. The number of ether oxygens (including phenoxy) is 2. The Kier molecular flexibility index (Phi) is 8.15. The Morgan fingerprint density at radius 1 is 1.12 bits per heavy atom. The van der Waals surface area contributed by atoms with Gasteiger partial charge in [0, 0.05) is 25.8 Å². The molecule has 0 radical (unpaired) electrons. The fourth-order valence-electron chi connectivity index (χ4n) is 4.50. The van der Waals surface area contributed by atoms with Crippen molar-refractivity contribution in [1.29, 1.82) is 0 Å². The lowest BCUT2D eigenvalue weighted by Crippen LogP contribution is -2.31. The van der Waals surface area contributed by atoms with Crippen molar-refractivity contribution in [2.45, 2.75) is 52.5 Å². The maximum absolute atomic E-state index is 13.3. The first-order valence-electron chi connectivity index (χ1n) is 11.8. The third-order valence-electron chi connectivity index (χ3n) is 6.44. The lowest BCUT2D eigenvalue weighted by Gasteiger charge is -2.26. The van der Waals surface area contributed by atoms with Gasteiger partial charge in [0.15, 0.2) is 0 Å². The summed E-state index contributed by atoms with van der Waals surface area (Å²) < 4.78 is 10.7. The van der Waals surface area contributed by atoms with Crippen LogP contribution >= 0.6 is 0 Å². The van der Waals surface area contributed by atoms with Gasteiger partial charge in [-0.15, -0.1) is 0 Å². The van der Waals surface area contributed by atoms with E-state index in [1.165, 1.54) is 0 Å². The van der Waals surface area contributed by atoms with Gasteiger partial charge in [-0.3, -0.25) is 9.59 Å². The third-order valence-corrected chi connectivity index (χ3v) is 6.44. The van der Waals surface area contributed by atoms with Crippen LogP contribution in [0.15, 0.2) is 42.0 Å². The minimum Gasteiger partial charge on any atom is -0.507 e. The normalized spacial score (nSPS) is 17.6. The van der Waals surface area contributed by atoms with Crippen LogP contribution in [0.3, 0.4) is 0 Å². The number of nitrogens with zero attached hydrogens (tertiary/aromatic N) is 1. The predicted octanol–water partition coefficient (Wildman–Crippen LogP) is 5.15. The van der Waals surface area contributed by atoms with E-state index < -0.39 is 17.7 Å². The molecule has 182 valence electrons. The molecule has 1 N–H and O–H groups in total. The van der Waals surface area contributed by atoms with E-state index in [4.69, 9.17) is 9.47 Å². The molecule has 34 heavy (non-hydrogen) atoms. The van der Waals surface area contributed by atoms with E-state index in [0.29, 0.717) is 25.1 Å². The summed E-state index contributed by atoms with van der Waals surface area (Å²) in [6.45, 7) is 8.85. The molecule has 1 aliphatic heterocycles. The molecule has 1 unspecified atom stereocenters. The Bertz CT molecular complexity index is 1080. The molecule has 0 saturated carbocycles. The standard InChI is InChI=1S/C28H35NO5/c1-7-19-9-11-20(12-10-19)25-24(27(31)28(32)29(25)13-8-14-33-5)26(30)22-16-21(17(2)3)23(34-6)15-18(22)4/h9-12,15-17,25,30H,7-8,13-14H2,1-6H3/b26-24+. The summed E-state index contributed by atoms with van der Waals surface area (Å²) in [5.41, 5.74) is 4.31. The van der Waals surface area contributed by atoms with E-state index in [-0.39, 0.29) is 17.3 Å². The largest absolute Gasteiger partial charge is 0.507 e. The molecule has 2 aromatic carbocycles. The highest BCUT2D eigenvalue weighted by Gasteiger charge is 2.46. The van der Waals surface area contributed by atoms with Gasteiger partial charge in [0.05, 0.1) is 18.7 Å². The Hall–Kier alpha value is -3.12. The Morgan fingerprint density at radius 3 is 2.35 bits per heavy atom. The zero-order valence-corrected chi connectivity index (χ0v) is 21.0. The second-order valence-electron chi connectivity index (χ2n) is 9.00. The molecular weight excluding hydrogens is 430 g/mol. The molecule has 0 spiro atoms. The molecule has 1 amide bonds. The number of ketones is 1. The number of hydrogen-bond acceptors (Lipinski definition) is 5. The van der Waals surface area contributed by atoms with Crippen LogP contribution in [0.2, 0.25) is 0 Å². The van der Waals surface area contributed by atoms with Crippen LogP contribution in [0.4, 0.5) is 0 Å². The van der Waals surface area contributed by atoms with Crippen molar-refractivity contribution < 1.29 is 24.2 Å². The summed E-state index contributed by atoms with van der Waals surface area (Å²) >= 11 is 0. The van der Waals surface area contributed by atoms with Crippen LogP contribution in [0, 0.1) is 6.92 Å². The van der Waals surface area contributed by atoms with Gasteiger partial charge >= 0.3 is 0 Å². The van der Waals surface area contributed by atoms with Gasteiger partial charge in [-0.1, -0.05) is 45.0 Å². The van der Waals surface area contributed by atoms with E-state index in [1.807, 2.05) is 57.2 Å². The van der Waals surface area contributed by atoms with Gasteiger partial charge in [-0.05, 0) is 60.1 Å². The average Bonchev–Trinajstić information content (AvgIpc) is 3.08. The lowest BCUT2D eigenvalue weighted by atomic mass is 9.90. The third kappa shape index (κ3) is 4.87. The zero-order chi connectivity index (χ0) is 25.0. The molecule has 3 rings (SSSR count). The smallest absolute Gasteiger partial charge is 0.295 e. The molecule has 0 aromatic heterocycles. The number of methoxy groups -OCH3 is 2. The number of rotatable bonds is 9. The Labute approximate surface area is 202 Å². The van der Waals surface area contributed by atoms with Gasteiger partial charge < -0.3 is 19.5 Å². The van der Waals surface area contributed by atoms with Crippen molar-refractivity contribution in [3.05, 3.63) is 69.8 Å². The number of aryl methyl sites for hydroxylation is 2. The van der Waals surface area contributed by atoms with Crippen LogP contribution in [0.1, 0.15) is 67.0 Å². The maximum Gasteiger partial charge on any atom is 0.295 e. The topological polar surface area (TPSA) is 76.1 Å². The van der Waals surface area contributed by atoms with Crippen LogP contribution in [0.5, 0.6) is 5.75 Å². The minimum absolute atomic E-state index is 0.120. The van der Waals surface area contributed by atoms with Crippen molar-refractivity contribution in [2.24, 2.45) is 0 Å². The monoisotopic (exact) mass is 465 g/mol. The van der Waals surface area contributed by atoms with Crippen molar-refractivity contribution >= 4 is 17.4 Å². The first-order valence-corrected chi connectivity index (χ1v) is 11.8. The number of benzene rings is 2. The first kappa shape index (κ1) is 25.5. The second kappa shape index (κ2) is 10.9. The number of carbonyl (C=O) groups is 2. The molecule has 1 fully saturated rings. The molecule has 1 heterocycles. The van der Waals surface area contributed by atoms with E-state index in [0.717, 1.165) is 34.4 Å². The first-order chi connectivity index (χ1) is 16.2. The number of carbonyl (C=O) groups excluding carboxylic acids is 2. The molecular formula is C28H35NO5. The number of aliphatic hydroxyl groups is 1. The number of Topliss-reactive ketones (excluding diaryl/α,β-unsaturated/α-hetero) is 1. The molecule has 0 bridgehead atoms. The molecule has 1 saturated heterocycles. The summed E-state index contributed by atoms with van der Waals surface area (Å²) in [5, 5.41) is 11.5. The highest BCUT2D eigenvalue weighted by Crippen LogP contribution is 2.41. The fourth-order valence-corrected chi connectivity index (χ4v) is 4.50. The van der Waals surface area contributed by atoms with E-state index in [2.05, 4.69) is 6.92 Å². The molecule has 2 aromatic rings. The predicted molar refractivity (Wildman–Crippen MR) is 133 cm³/mol. The molecule has 1 aliphatic rings. The van der Waals surface area contributed by atoms with Crippen LogP contribution in [0.25, 0.3) is 5.76 Å². The van der Waals surface area contributed by atoms with Crippen molar-refractivity contribution in [3.8, 4) is 5.75 Å². The summed E-state index contributed by atoms with van der Waals surface area (Å²) in [4.78, 5) is 27.9. The highest BCUT2D eigenvalue weighted by molar-refractivity contribution is 6.46. The van der Waals surface area contributed by atoms with Crippen molar-refractivity contribution in [1.82, 2.24) is 4.90 Å². The lowest BCUT2D eigenvalue weighted by molar-refractivity contribution is -0.140. The summed E-state index contributed by atoms with van der Waals surface area (Å²) in [5.74, 6) is -0.538. The molecule has 6 nitrogen and oxygen atoms in total. The van der Waals surface area contributed by atoms with Crippen LogP contribution < -0.4 is 4.74 Å². The van der Waals surface area contributed by atoms with E-state index in [9.17, 15) is 14.7 Å². The Morgan fingerprint density at radius 2 is 1.79 bits per heavy atom.